The van der Waals surface area contributed by atoms with Crippen LogP contribution in [0.5, 0.6) is 0 Å². The molecule has 0 spiro atoms. The van der Waals surface area contributed by atoms with Gasteiger partial charge < -0.3 is 19.5 Å². The van der Waals surface area contributed by atoms with Crippen LogP contribution in [-0.4, -0.2) is 80.9 Å². The zero-order valence-corrected chi connectivity index (χ0v) is 66.2. The number of nitrogens with one attached hydrogen (secondary N) is 1. The summed E-state index contributed by atoms with van der Waals surface area (Å²) in [5.74, 6) is 6.39. The molecule has 0 aromatic heterocycles. The highest BCUT2D eigenvalue weighted by atomic mass is 32.2. The Morgan fingerprint density at radius 2 is 0.644 bits per heavy atom. The monoisotopic (exact) mass is 1300 g/mol. The first kappa shape index (κ1) is 109. The highest BCUT2D eigenvalue weighted by Crippen LogP contribution is 2.23. The predicted molar refractivity (Wildman–Crippen MR) is 412 cm³/mol. The lowest BCUT2D eigenvalue weighted by Crippen LogP contribution is -2.03. The maximum atomic E-state index is 10.5. The first-order valence-electron chi connectivity index (χ1n) is 39.1. The fourth-order valence-corrected chi connectivity index (χ4v) is 9.68. The van der Waals surface area contributed by atoms with Gasteiger partial charge in [-0.15, -0.1) is 0 Å². The third-order valence-corrected chi connectivity index (χ3v) is 14.4. The predicted octanol–water partition coefficient (Wildman–Crippen LogP) is 26.4. The molecular formula is C81H167NO7S. The molecule has 4 heterocycles. The number of hydrogen-bond acceptors (Lipinski definition) is 9. The van der Waals surface area contributed by atoms with Crippen molar-refractivity contribution in [3.8, 4) is 0 Å². The molecule has 9 heteroatoms. The molecule has 12 rings (SSSR count). The van der Waals surface area contributed by atoms with Crippen molar-refractivity contribution < 1.29 is 33.4 Å². The number of ether oxygens (including phenoxy) is 3. The van der Waals surface area contributed by atoms with Crippen molar-refractivity contribution in [3.05, 3.63) is 48.6 Å². The number of carbonyl (C=O) groups is 4. The van der Waals surface area contributed by atoms with Crippen LogP contribution in [0.4, 0.5) is 0 Å². The lowest BCUT2D eigenvalue weighted by atomic mass is 9.91. The second-order valence-corrected chi connectivity index (χ2v) is 21.6. The summed E-state index contributed by atoms with van der Waals surface area (Å²) >= 11 is 2.07. The summed E-state index contributed by atoms with van der Waals surface area (Å²) in [6, 6.07) is 0. The standard InChI is InChI=1S/C7H14.C6H10O.C6H8O.C6H12.C6H10.C5H8O.C5H6O.C5H8.C4H9N.C4H8O.C4H8S.C3H6O2.10C2H6/c1-7-5-3-2-4-6-7;2*7-6-4-2-1-3-5-6;1-6-4-2-3-5-6;1-2-4-6-5-3-1;2*6-5-3-1-2-4-5;4*1-2-4-5-3-1;1-2-5-3-4-1;10*1-2/h7H,2-6H2,1H3;1-5H2;2,4H,1,3,5H2;6H,2-5H2,1H3;1-2H,3-6H2;1-4H2;1,3H,2,4H2;1-2H,3-5H2;5H,1-4H2;2*1-4H2;1-3H2;10*1-2H3. The van der Waals surface area contributed by atoms with E-state index in [1.165, 1.54) is 172 Å². The summed E-state index contributed by atoms with van der Waals surface area (Å²) in [7, 11) is 0. The summed E-state index contributed by atoms with van der Waals surface area (Å²) < 4.78 is 14.4. The lowest BCUT2D eigenvalue weighted by molar-refractivity contribution is -0.120. The van der Waals surface area contributed by atoms with Gasteiger partial charge in [0.1, 0.15) is 18.4 Å². The highest BCUT2D eigenvalue weighted by Gasteiger charge is 2.09. The van der Waals surface area contributed by atoms with Crippen molar-refractivity contribution in [1.82, 2.24) is 5.32 Å². The molecule has 8 nitrogen and oxygen atoms in total. The van der Waals surface area contributed by atoms with E-state index in [0.29, 0.717) is 18.4 Å². The van der Waals surface area contributed by atoms with Gasteiger partial charge in [0.15, 0.2) is 11.6 Å². The summed E-state index contributed by atoms with van der Waals surface area (Å²) in [4.78, 5) is 41.2. The summed E-state index contributed by atoms with van der Waals surface area (Å²) in [6.45, 7) is 51.3. The Morgan fingerprint density at radius 1 is 0.311 bits per heavy atom. The fraction of sp³-hybridized carbons (Fsp3) is 0.852. The van der Waals surface area contributed by atoms with Gasteiger partial charge in [-0.25, -0.2) is 0 Å². The Labute approximate surface area is 572 Å². The van der Waals surface area contributed by atoms with Gasteiger partial charge in [-0.2, -0.15) is 11.8 Å². The maximum absolute atomic E-state index is 10.5. The van der Waals surface area contributed by atoms with Crippen LogP contribution in [0.3, 0.4) is 0 Å². The van der Waals surface area contributed by atoms with E-state index in [4.69, 9.17) is 14.2 Å². The first-order valence-corrected chi connectivity index (χ1v) is 40.3. The number of thioether (sulfide) groups is 1. The van der Waals surface area contributed by atoms with Crippen LogP contribution in [0.15, 0.2) is 48.6 Å². The summed E-state index contributed by atoms with van der Waals surface area (Å²) in [5.41, 5.74) is 0. The molecule has 0 atom stereocenters. The maximum Gasteiger partial charge on any atom is 0.155 e. The van der Waals surface area contributed by atoms with Crippen molar-refractivity contribution in [2.24, 2.45) is 11.8 Å². The van der Waals surface area contributed by atoms with Crippen molar-refractivity contribution in [2.45, 2.75) is 383 Å². The van der Waals surface area contributed by atoms with E-state index in [2.05, 4.69) is 55.2 Å². The zero-order chi connectivity index (χ0) is 70.5. The summed E-state index contributed by atoms with van der Waals surface area (Å²) in [6.07, 6.45) is 61.1. The lowest BCUT2D eigenvalue weighted by Gasteiger charge is -2.15. The molecule has 4 saturated heterocycles. The van der Waals surface area contributed by atoms with E-state index in [9.17, 15) is 19.2 Å². The Balaban J connectivity index is -0.0000000946. The van der Waals surface area contributed by atoms with Gasteiger partial charge in [0.25, 0.3) is 0 Å². The topological polar surface area (TPSA) is 108 Å². The third-order valence-electron chi connectivity index (χ3n) is 13.3. The molecule has 8 fully saturated rings. The van der Waals surface area contributed by atoms with Crippen molar-refractivity contribution in [1.29, 1.82) is 0 Å². The second kappa shape index (κ2) is 117. The molecule has 0 bridgehead atoms. The van der Waals surface area contributed by atoms with Crippen LogP contribution in [0.1, 0.15) is 383 Å². The van der Waals surface area contributed by atoms with E-state index in [1.54, 1.807) is 12.2 Å². The van der Waals surface area contributed by atoms with Crippen LogP contribution in [0.25, 0.3) is 0 Å². The highest BCUT2D eigenvalue weighted by molar-refractivity contribution is 7.99. The molecule has 4 aliphatic heterocycles. The number of Topliss-reactive ketones (excluding diaryl/α,β-unsaturated/α-hetero) is 2. The zero-order valence-electron chi connectivity index (χ0n) is 65.4. The van der Waals surface area contributed by atoms with Gasteiger partial charge in [0, 0.05) is 51.7 Å². The van der Waals surface area contributed by atoms with E-state index < -0.39 is 0 Å². The van der Waals surface area contributed by atoms with Crippen molar-refractivity contribution >= 4 is 34.9 Å². The molecule has 0 amide bonds. The van der Waals surface area contributed by atoms with Crippen LogP contribution in [0.2, 0.25) is 0 Å². The molecule has 0 unspecified atom stereocenters. The van der Waals surface area contributed by atoms with E-state index in [0.717, 1.165) is 122 Å². The normalized spacial score (nSPS) is 18.4. The molecule has 4 saturated carbocycles. The number of rotatable bonds is 0. The summed E-state index contributed by atoms with van der Waals surface area (Å²) in [5, 5.41) is 3.22. The Morgan fingerprint density at radius 3 is 0.800 bits per heavy atom. The number of hydrogen-bond donors (Lipinski definition) is 1. The minimum absolute atomic E-state index is 0.273. The molecule has 8 aliphatic carbocycles. The van der Waals surface area contributed by atoms with Crippen molar-refractivity contribution in [2.75, 3.05) is 57.8 Å². The Bertz CT molecular complexity index is 1220. The SMILES string of the molecule is C1=CCCC1.C1=CCCCC1.C1CCNC1.C1CCOC1.C1CCSC1.C1COCO1.CC.CC.CC.CC.CC.CC.CC.CC.CC.CC.CC1CCCC1.CC1CCCCC1.O=C1C=CCC1.O=C1C=CCCC1.O=C1CCCC1.O=C1CCCCC1. The Hall–Kier alpha value is -2.17. The van der Waals surface area contributed by atoms with Crippen LogP contribution in [-0.2, 0) is 33.4 Å². The van der Waals surface area contributed by atoms with E-state index in [-0.39, 0.29) is 11.6 Å². The quantitative estimate of drug-likeness (QED) is 0.237. The average molecular weight is 1300 g/mol. The van der Waals surface area contributed by atoms with Gasteiger partial charge in [-0.05, 0) is 177 Å². The fourth-order valence-electron chi connectivity index (χ4n) is 8.66. The van der Waals surface area contributed by atoms with E-state index >= 15 is 0 Å². The van der Waals surface area contributed by atoms with Gasteiger partial charge in [0.05, 0.1) is 13.2 Å². The second-order valence-electron chi connectivity index (χ2n) is 20.3. The van der Waals surface area contributed by atoms with Crippen LogP contribution in [0, 0.1) is 11.8 Å². The smallest absolute Gasteiger partial charge is 0.155 e. The molecule has 0 radical (unpaired) electrons. The number of carbonyl (C=O) groups excluding carboxylic acids is 4. The Kier molecular flexibility index (Phi) is 143. The molecule has 0 aromatic carbocycles. The van der Waals surface area contributed by atoms with Gasteiger partial charge in [-0.1, -0.05) is 253 Å². The number of allylic oxidation sites excluding steroid dienone is 8. The average Bonchev–Trinajstić information content (AvgIpc) is 4.50. The molecular weight excluding hydrogens is 1130 g/mol. The van der Waals surface area contributed by atoms with Gasteiger partial charge >= 0.3 is 0 Å². The first-order chi connectivity index (χ1) is 44.4. The largest absolute Gasteiger partial charge is 0.381 e. The van der Waals surface area contributed by atoms with E-state index in [1.807, 2.05) is 151 Å². The van der Waals surface area contributed by atoms with Crippen LogP contribution >= 0.6 is 11.8 Å². The minimum Gasteiger partial charge on any atom is -0.381 e. The van der Waals surface area contributed by atoms with Gasteiger partial charge in [-0.3, -0.25) is 19.2 Å². The van der Waals surface area contributed by atoms with Crippen molar-refractivity contribution in [3.63, 3.8) is 0 Å². The molecule has 544 valence electrons. The molecule has 12 aliphatic rings. The number of ketones is 4. The van der Waals surface area contributed by atoms with Gasteiger partial charge in [0.2, 0.25) is 0 Å². The van der Waals surface area contributed by atoms with Crippen LogP contribution < -0.4 is 5.32 Å². The molecule has 0 aromatic rings. The molecule has 1 N–H and O–H groups in total. The molecule has 90 heavy (non-hydrogen) atoms. The minimum atomic E-state index is 0.273. The third kappa shape index (κ3) is 113.